The van der Waals surface area contributed by atoms with Gasteiger partial charge in [0.05, 0.1) is 16.5 Å². The van der Waals surface area contributed by atoms with Crippen LogP contribution in [0, 0.1) is 6.92 Å². The van der Waals surface area contributed by atoms with Gasteiger partial charge < -0.3 is 9.26 Å². The smallest absolute Gasteiger partial charge is 0.237 e. The number of carbonyl (C=O) groups is 1. The first-order valence-electron chi connectivity index (χ1n) is 9.33. The van der Waals surface area contributed by atoms with Crippen LogP contribution in [-0.4, -0.2) is 31.6 Å². The van der Waals surface area contributed by atoms with Crippen molar-refractivity contribution in [2.24, 2.45) is 0 Å². The predicted octanol–water partition coefficient (Wildman–Crippen LogP) is 4.53. The van der Waals surface area contributed by atoms with E-state index >= 15 is 0 Å². The molecule has 1 amide bonds. The number of benzene rings is 2. The molecule has 1 N–H and O–H groups in total. The summed E-state index contributed by atoms with van der Waals surface area (Å²) in [7, 11) is 0. The first kappa shape index (κ1) is 21.0. The number of aryl methyl sites for hydroxylation is 1. The molecule has 0 bridgehead atoms. The van der Waals surface area contributed by atoms with Crippen molar-refractivity contribution < 1.29 is 14.1 Å². The Bertz CT molecular complexity index is 1180. The van der Waals surface area contributed by atoms with E-state index in [1.165, 1.54) is 11.8 Å². The zero-order valence-electron chi connectivity index (χ0n) is 16.5. The van der Waals surface area contributed by atoms with Crippen molar-refractivity contribution in [3.8, 4) is 11.4 Å². The van der Waals surface area contributed by atoms with Crippen LogP contribution in [0.2, 0.25) is 5.02 Å². The van der Waals surface area contributed by atoms with E-state index in [0.717, 1.165) is 5.69 Å². The molecule has 158 valence electrons. The quantitative estimate of drug-likeness (QED) is 0.390. The van der Waals surface area contributed by atoms with Gasteiger partial charge in [0.15, 0.2) is 11.0 Å². The molecule has 0 spiro atoms. The van der Waals surface area contributed by atoms with Crippen molar-refractivity contribution in [2.75, 3.05) is 11.1 Å². The monoisotopic (exact) mass is 455 g/mol. The van der Waals surface area contributed by atoms with Crippen LogP contribution in [-0.2, 0) is 11.4 Å². The number of amides is 1. The predicted molar refractivity (Wildman–Crippen MR) is 118 cm³/mol. The summed E-state index contributed by atoms with van der Waals surface area (Å²) in [5.41, 5.74) is 1.55. The Labute approximate surface area is 187 Å². The zero-order valence-corrected chi connectivity index (χ0v) is 18.1. The van der Waals surface area contributed by atoms with Gasteiger partial charge >= 0.3 is 0 Å². The van der Waals surface area contributed by atoms with Crippen molar-refractivity contribution in [3.05, 3.63) is 77.2 Å². The summed E-state index contributed by atoms with van der Waals surface area (Å²) in [6.07, 6.45) is 0. The highest BCUT2D eigenvalue weighted by Crippen LogP contribution is 2.26. The summed E-state index contributed by atoms with van der Waals surface area (Å²) >= 11 is 7.43. The summed E-state index contributed by atoms with van der Waals surface area (Å²) in [5.74, 6) is 1.33. The summed E-state index contributed by atoms with van der Waals surface area (Å²) in [6, 6.07) is 18.5. The van der Waals surface area contributed by atoms with Gasteiger partial charge in [-0.05, 0) is 31.2 Å². The molecule has 2 aromatic carbocycles. The van der Waals surface area contributed by atoms with Crippen molar-refractivity contribution >= 4 is 35.2 Å². The highest BCUT2D eigenvalue weighted by molar-refractivity contribution is 7.99. The lowest BCUT2D eigenvalue weighted by Gasteiger charge is -2.11. The maximum Gasteiger partial charge on any atom is 0.237 e. The number of hydrogen-bond donors (Lipinski definition) is 1. The Morgan fingerprint density at radius 3 is 2.68 bits per heavy atom. The van der Waals surface area contributed by atoms with Crippen LogP contribution in [0.1, 0.15) is 11.5 Å². The SMILES string of the molecule is Cc1cc(NC(=O)CSc2nnc(COc3ccccc3Cl)n2-c2ccccc2)on1. The van der Waals surface area contributed by atoms with Gasteiger partial charge in [-0.2, -0.15) is 0 Å². The Balaban J connectivity index is 1.50. The van der Waals surface area contributed by atoms with Crippen molar-refractivity contribution in [2.45, 2.75) is 18.7 Å². The number of thioether (sulfide) groups is 1. The minimum Gasteiger partial charge on any atom is -0.484 e. The van der Waals surface area contributed by atoms with E-state index in [9.17, 15) is 4.79 Å². The lowest BCUT2D eigenvalue weighted by atomic mass is 10.3. The number of para-hydroxylation sites is 2. The standard InChI is InChI=1S/C21H18ClN5O3S/c1-14-11-20(30-26-14)23-19(28)13-31-21-25-24-18(27(21)15-7-3-2-4-8-15)12-29-17-10-6-5-9-16(17)22/h2-11H,12-13H2,1H3,(H,23,28). The second kappa shape index (κ2) is 9.67. The van der Waals surface area contributed by atoms with Crippen LogP contribution in [0.15, 0.2) is 70.3 Å². The van der Waals surface area contributed by atoms with Gasteiger partial charge in [0.25, 0.3) is 0 Å². The molecule has 0 aliphatic carbocycles. The molecule has 0 radical (unpaired) electrons. The molecule has 31 heavy (non-hydrogen) atoms. The van der Waals surface area contributed by atoms with Gasteiger partial charge in [0.2, 0.25) is 11.8 Å². The normalized spacial score (nSPS) is 10.8. The van der Waals surface area contributed by atoms with Crippen molar-refractivity contribution in [1.82, 2.24) is 19.9 Å². The molecule has 0 unspecified atom stereocenters. The lowest BCUT2D eigenvalue weighted by molar-refractivity contribution is -0.113. The van der Waals surface area contributed by atoms with E-state index in [1.807, 2.05) is 47.0 Å². The molecule has 2 aromatic heterocycles. The van der Waals surface area contributed by atoms with E-state index < -0.39 is 0 Å². The molecule has 2 heterocycles. The van der Waals surface area contributed by atoms with Crippen LogP contribution < -0.4 is 10.1 Å². The van der Waals surface area contributed by atoms with E-state index in [2.05, 4.69) is 20.7 Å². The largest absolute Gasteiger partial charge is 0.484 e. The molecule has 0 saturated heterocycles. The van der Waals surface area contributed by atoms with E-state index in [-0.39, 0.29) is 18.3 Å². The van der Waals surface area contributed by atoms with E-state index in [4.69, 9.17) is 20.9 Å². The zero-order chi connectivity index (χ0) is 21.6. The second-order valence-corrected chi connectivity index (χ2v) is 7.81. The number of carbonyl (C=O) groups excluding carboxylic acids is 1. The van der Waals surface area contributed by atoms with Gasteiger partial charge in [-0.1, -0.05) is 58.9 Å². The maximum absolute atomic E-state index is 12.3. The van der Waals surface area contributed by atoms with Gasteiger partial charge in [-0.15, -0.1) is 10.2 Å². The van der Waals surface area contributed by atoms with Gasteiger partial charge in [0, 0.05) is 11.8 Å². The third-order valence-electron chi connectivity index (χ3n) is 4.13. The average molecular weight is 456 g/mol. The topological polar surface area (TPSA) is 95.1 Å². The molecular formula is C21H18ClN5O3S. The van der Waals surface area contributed by atoms with Crippen molar-refractivity contribution in [1.29, 1.82) is 0 Å². The second-order valence-electron chi connectivity index (χ2n) is 6.46. The van der Waals surface area contributed by atoms with Gasteiger partial charge in [-0.3, -0.25) is 14.7 Å². The first-order valence-corrected chi connectivity index (χ1v) is 10.7. The van der Waals surface area contributed by atoms with Crippen LogP contribution in [0.3, 0.4) is 0 Å². The number of ether oxygens (including phenoxy) is 1. The molecule has 4 aromatic rings. The number of halogens is 1. The minimum atomic E-state index is -0.238. The molecule has 0 aliphatic rings. The molecule has 0 fully saturated rings. The molecule has 10 heteroatoms. The van der Waals surface area contributed by atoms with Crippen LogP contribution >= 0.6 is 23.4 Å². The van der Waals surface area contributed by atoms with Gasteiger partial charge in [0.1, 0.15) is 12.4 Å². The third kappa shape index (κ3) is 5.25. The maximum atomic E-state index is 12.3. The fraction of sp³-hybridized carbons (Fsp3) is 0.143. The Morgan fingerprint density at radius 2 is 1.94 bits per heavy atom. The fourth-order valence-corrected chi connectivity index (χ4v) is 3.71. The Morgan fingerprint density at radius 1 is 1.16 bits per heavy atom. The summed E-state index contributed by atoms with van der Waals surface area (Å²) in [6.45, 7) is 1.94. The Kier molecular flexibility index (Phi) is 6.54. The molecule has 4 rings (SSSR count). The van der Waals surface area contributed by atoms with Crippen molar-refractivity contribution in [3.63, 3.8) is 0 Å². The number of aromatic nitrogens is 4. The first-order chi connectivity index (χ1) is 15.1. The number of anilines is 1. The molecule has 0 atom stereocenters. The fourth-order valence-electron chi connectivity index (χ4n) is 2.75. The average Bonchev–Trinajstić information content (AvgIpc) is 3.38. The number of nitrogens with zero attached hydrogens (tertiary/aromatic N) is 4. The molecular weight excluding hydrogens is 438 g/mol. The summed E-state index contributed by atoms with van der Waals surface area (Å²) in [4.78, 5) is 12.3. The number of rotatable bonds is 8. The van der Waals surface area contributed by atoms with Gasteiger partial charge in [-0.25, -0.2) is 0 Å². The summed E-state index contributed by atoms with van der Waals surface area (Å²) < 4.78 is 12.7. The summed E-state index contributed by atoms with van der Waals surface area (Å²) in [5, 5.41) is 16.0. The lowest BCUT2D eigenvalue weighted by Crippen LogP contribution is -2.14. The number of nitrogens with one attached hydrogen (secondary N) is 1. The molecule has 0 aliphatic heterocycles. The Hall–Kier alpha value is -3.30. The van der Waals surface area contributed by atoms with Crippen LogP contribution in [0.4, 0.5) is 5.88 Å². The highest BCUT2D eigenvalue weighted by Gasteiger charge is 2.17. The van der Waals surface area contributed by atoms with Crippen LogP contribution in [0.5, 0.6) is 5.75 Å². The molecule has 8 nitrogen and oxygen atoms in total. The highest BCUT2D eigenvalue weighted by atomic mass is 35.5. The number of hydrogen-bond acceptors (Lipinski definition) is 7. The van der Waals surface area contributed by atoms with Crippen LogP contribution in [0.25, 0.3) is 5.69 Å². The molecule has 0 saturated carbocycles. The van der Waals surface area contributed by atoms with E-state index in [1.54, 1.807) is 25.1 Å². The van der Waals surface area contributed by atoms with E-state index in [0.29, 0.717) is 33.3 Å². The minimum absolute atomic E-state index is 0.121. The third-order valence-corrected chi connectivity index (χ3v) is 5.37.